The van der Waals surface area contributed by atoms with Crippen LogP contribution in [0.5, 0.6) is 11.5 Å². The molecule has 0 fully saturated rings. The molecule has 1 rings (SSSR count). The number of aromatic hydroxyl groups is 1. The molecule has 0 spiro atoms. The minimum absolute atomic E-state index is 0.274. The third-order valence-electron chi connectivity index (χ3n) is 2.49. The molecule has 2 N–H and O–H groups in total. The van der Waals surface area contributed by atoms with E-state index in [1.807, 2.05) is 12.1 Å². The van der Waals surface area contributed by atoms with Crippen LogP contribution in [0.2, 0.25) is 0 Å². The van der Waals surface area contributed by atoms with E-state index in [0.29, 0.717) is 19.8 Å². The molecule has 0 aliphatic carbocycles. The Balaban J connectivity index is 2.24. The highest BCUT2D eigenvalue weighted by Gasteiger charge is 2.02. The number of hydrogen-bond donors (Lipinski definition) is 2. The smallest absolute Gasteiger partial charge is 0.120 e. The molecule has 0 amide bonds. The van der Waals surface area contributed by atoms with Gasteiger partial charge in [0.15, 0.2) is 0 Å². The fraction of sp³-hybridized carbons (Fsp3) is 0.429. The van der Waals surface area contributed by atoms with Crippen molar-refractivity contribution in [1.82, 2.24) is 5.32 Å². The van der Waals surface area contributed by atoms with Crippen LogP contribution in [-0.2, 0) is 11.3 Å². The minimum Gasteiger partial charge on any atom is -0.508 e. The van der Waals surface area contributed by atoms with E-state index < -0.39 is 0 Å². The first-order valence-electron chi connectivity index (χ1n) is 6.03. The molecule has 1 aromatic rings. The molecule has 100 valence electrons. The lowest BCUT2D eigenvalue weighted by Gasteiger charge is -2.09. The van der Waals surface area contributed by atoms with E-state index in [0.717, 1.165) is 24.3 Å². The van der Waals surface area contributed by atoms with Crippen LogP contribution in [-0.4, -0.2) is 32.0 Å². The molecule has 0 aliphatic rings. The molecule has 0 aromatic heterocycles. The number of phenols is 1. The van der Waals surface area contributed by atoms with Gasteiger partial charge in [0.05, 0.1) is 20.3 Å². The molecule has 0 saturated heterocycles. The van der Waals surface area contributed by atoms with E-state index in [1.165, 1.54) is 0 Å². The summed E-state index contributed by atoms with van der Waals surface area (Å²) in [6.07, 6.45) is 2.71. The Morgan fingerprint density at radius 3 is 2.94 bits per heavy atom. The fourth-order valence-electron chi connectivity index (χ4n) is 1.47. The Bertz CT molecular complexity index is 366. The first-order chi connectivity index (χ1) is 8.77. The third kappa shape index (κ3) is 5.21. The molecule has 0 radical (unpaired) electrons. The van der Waals surface area contributed by atoms with Crippen LogP contribution in [0, 0.1) is 0 Å². The highest BCUT2D eigenvalue weighted by molar-refractivity contribution is 5.39. The first-order valence-corrected chi connectivity index (χ1v) is 6.03. The number of methoxy groups -OCH3 is 1. The summed E-state index contributed by atoms with van der Waals surface area (Å²) in [6.45, 7) is 6.32. The van der Waals surface area contributed by atoms with E-state index in [9.17, 15) is 5.11 Å². The second-order valence-corrected chi connectivity index (χ2v) is 3.86. The van der Waals surface area contributed by atoms with Crippen LogP contribution >= 0.6 is 0 Å². The minimum atomic E-state index is 0.274. The summed E-state index contributed by atoms with van der Waals surface area (Å²) in [7, 11) is 1.61. The topological polar surface area (TPSA) is 50.7 Å². The Labute approximate surface area is 108 Å². The van der Waals surface area contributed by atoms with Gasteiger partial charge in [-0.3, -0.25) is 0 Å². The lowest BCUT2D eigenvalue weighted by molar-refractivity contribution is 0.140. The molecular weight excluding hydrogens is 230 g/mol. The van der Waals surface area contributed by atoms with E-state index in [1.54, 1.807) is 19.2 Å². The zero-order valence-electron chi connectivity index (χ0n) is 10.8. The van der Waals surface area contributed by atoms with Gasteiger partial charge in [-0.2, -0.15) is 0 Å². The number of benzene rings is 1. The van der Waals surface area contributed by atoms with Crippen molar-refractivity contribution in [2.24, 2.45) is 0 Å². The molecule has 18 heavy (non-hydrogen) atoms. The van der Waals surface area contributed by atoms with Crippen molar-refractivity contribution in [3.63, 3.8) is 0 Å². The number of rotatable bonds is 9. The van der Waals surface area contributed by atoms with E-state index in [4.69, 9.17) is 9.47 Å². The average molecular weight is 251 g/mol. The van der Waals surface area contributed by atoms with Crippen LogP contribution in [0.4, 0.5) is 0 Å². The Morgan fingerprint density at radius 1 is 1.39 bits per heavy atom. The molecule has 0 bridgehead atoms. The maximum absolute atomic E-state index is 9.67. The van der Waals surface area contributed by atoms with Gasteiger partial charge in [-0.05, 0) is 24.6 Å². The van der Waals surface area contributed by atoms with Crippen molar-refractivity contribution in [2.45, 2.75) is 13.0 Å². The number of hydrogen-bond acceptors (Lipinski definition) is 4. The quantitative estimate of drug-likeness (QED) is 0.521. The van der Waals surface area contributed by atoms with Gasteiger partial charge < -0.3 is 19.9 Å². The van der Waals surface area contributed by atoms with Crippen LogP contribution in [0.25, 0.3) is 0 Å². The van der Waals surface area contributed by atoms with Gasteiger partial charge in [-0.15, -0.1) is 6.58 Å². The lowest BCUT2D eigenvalue weighted by atomic mass is 10.2. The van der Waals surface area contributed by atoms with Crippen molar-refractivity contribution in [2.75, 3.05) is 26.9 Å². The van der Waals surface area contributed by atoms with Crippen LogP contribution < -0.4 is 10.1 Å². The summed E-state index contributed by atoms with van der Waals surface area (Å²) in [5, 5.41) is 12.9. The Kier molecular flexibility index (Phi) is 6.91. The standard InChI is InChI=1S/C14H21NO3/c1-3-4-8-18-9-7-15-11-12-10-13(17-2)5-6-14(12)16/h3,5-6,10,15-16H,1,4,7-9,11H2,2H3. The molecule has 4 heteroatoms. The molecule has 0 atom stereocenters. The predicted octanol–water partition coefficient (Wildman–Crippen LogP) is 2.08. The van der Waals surface area contributed by atoms with Crippen molar-refractivity contribution in [3.8, 4) is 11.5 Å². The van der Waals surface area contributed by atoms with Gasteiger partial charge in [0.25, 0.3) is 0 Å². The maximum Gasteiger partial charge on any atom is 0.120 e. The second-order valence-electron chi connectivity index (χ2n) is 3.86. The lowest BCUT2D eigenvalue weighted by Crippen LogP contribution is -2.19. The summed E-state index contributed by atoms with van der Waals surface area (Å²) < 4.78 is 10.5. The highest BCUT2D eigenvalue weighted by atomic mass is 16.5. The van der Waals surface area contributed by atoms with Gasteiger partial charge in [0, 0.05) is 18.7 Å². The molecule has 0 unspecified atom stereocenters. The first kappa shape index (κ1) is 14.5. The predicted molar refractivity (Wildman–Crippen MR) is 72.0 cm³/mol. The summed E-state index contributed by atoms with van der Waals surface area (Å²) in [4.78, 5) is 0. The molecular formula is C14H21NO3. The number of phenolic OH excluding ortho intramolecular Hbond substituents is 1. The van der Waals surface area contributed by atoms with E-state index in [-0.39, 0.29) is 5.75 Å². The molecule has 0 aliphatic heterocycles. The van der Waals surface area contributed by atoms with Crippen molar-refractivity contribution >= 4 is 0 Å². The zero-order chi connectivity index (χ0) is 13.2. The van der Waals surface area contributed by atoms with Gasteiger partial charge >= 0.3 is 0 Å². The summed E-state index contributed by atoms with van der Waals surface area (Å²) >= 11 is 0. The normalized spacial score (nSPS) is 10.3. The fourth-order valence-corrected chi connectivity index (χ4v) is 1.47. The van der Waals surface area contributed by atoms with Gasteiger partial charge in [-0.1, -0.05) is 6.08 Å². The van der Waals surface area contributed by atoms with Crippen molar-refractivity contribution < 1.29 is 14.6 Å². The molecule has 0 saturated carbocycles. The largest absolute Gasteiger partial charge is 0.508 e. The second kappa shape index (κ2) is 8.55. The van der Waals surface area contributed by atoms with Crippen LogP contribution in [0.15, 0.2) is 30.9 Å². The summed E-state index contributed by atoms with van der Waals surface area (Å²) in [5.41, 5.74) is 0.820. The number of ether oxygens (including phenoxy) is 2. The molecule has 4 nitrogen and oxygen atoms in total. The van der Waals surface area contributed by atoms with Gasteiger partial charge in [0.1, 0.15) is 11.5 Å². The van der Waals surface area contributed by atoms with E-state index >= 15 is 0 Å². The maximum atomic E-state index is 9.67. The highest BCUT2D eigenvalue weighted by Crippen LogP contribution is 2.22. The summed E-state index contributed by atoms with van der Waals surface area (Å²) in [6, 6.07) is 5.19. The SMILES string of the molecule is C=CCCOCCNCc1cc(OC)ccc1O. The molecule has 0 heterocycles. The van der Waals surface area contributed by atoms with Crippen molar-refractivity contribution in [1.29, 1.82) is 0 Å². The van der Waals surface area contributed by atoms with Crippen LogP contribution in [0.1, 0.15) is 12.0 Å². The molecule has 1 aromatic carbocycles. The van der Waals surface area contributed by atoms with Gasteiger partial charge in [-0.25, -0.2) is 0 Å². The average Bonchev–Trinajstić information content (AvgIpc) is 2.39. The zero-order valence-corrected chi connectivity index (χ0v) is 10.8. The van der Waals surface area contributed by atoms with Crippen molar-refractivity contribution in [3.05, 3.63) is 36.4 Å². The van der Waals surface area contributed by atoms with Gasteiger partial charge in [0.2, 0.25) is 0 Å². The van der Waals surface area contributed by atoms with Crippen LogP contribution in [0.3, 0.4) is 0 Å². The summed E-state index contributed by atoms with van der Waals surface area (Å²) in [5.74, 6) is 1.02. The Morgan fingerprint density at radius 2 is 2.22 bits per heavy atom. The third-order valence-corrected chi connectivity index (χ3v) is 2.49. The van der Waals surface area contributed by atoms with E-state index in [2.05, 4.69) is 11.9 Å². The monoisotopic (exact) mass is 251 g/mol. The Hall–Kier alpha value is -1.52. The number of nitrogens with one attached hydrogen (secondary N) is 1.